The van der Waals surface area contributed by atoms with Gasteiger partial charge in [0.2, 0.25) is 0 Å². The van der Waals surface area contributed by atoms with Crippen LogP contribution in [0.5, 0.6) is 5.75 Å². The van der Waals surface area contributed by atoms with Crippen LogP contribution in [-0.4, -0.2) is 54.6 Å². The first-order chi connectivity index (χ1) is 11.6. The predicted octanol–water partition coefficient (Wildman–Crippen LogP) is 3.50. The van der Waals surface area contributed by atoms with Crippen molar-refractivity contribution in [1.82, 2.24) is 4.90 Å². The van der Waals surface area contributed by atoms with Crippen LogP contribution >= 0.6 is 11.6 Å². The van der Waals surface area contributed by atoms with Crippen molar-refractivity contribution in [3.63, 3.8) is 0 Å². The molecule has 1 aliphatic heterocycles. The predicted molar refractivity (Wildman–Crippen MR) is 95.8 cm³/mol. The summed E-state index contributed by atoms with van der Waals surface area (Å²) in [4.78, 5) is 2.42. The molecule has 1 aromatic rings. The first-order valence-electron chi connectivity index (χ1n) is 9.07. The molecule has 0 spiro atoms. The van der Waals surface area contributed by atoms with Gasteiger partial charge in [0, 0.05) is 24.2 Å². The Morgan fingerprint density at radius 1 is 1.17 bits per heavy atom. The number of aliphatic hydroxyl groups is 1. The Kier molecular flexibility index (Phi) is 6.39. The molecule has 2 aliphatic rings. The van der Waals surface area contributed by atoms with E-state index in [9.17, 15) is 5.11 Å². The van der Waals surface area contributed by atoms with Crippen LogP contribution < -0.4 is 4.74 Å². The van der Waals surface area contributed by atoms with Crippen LogP contribution in [0.4, 0.5) is 0 Å². The van der Waals surface area contributed by atoms with Crippen LogP contribution in [0, 0.1) is 0 Å². The number of benzene rings is 1. The van der Waals surface area contributed by atoms with E-state index in [0.717, 1.165) is 12.3 Å². The molecule has 0 amide bonds. The molecule has 1 N–H and O–H groups in total. The van der Waals surface area contributed by atoms with E-state index in [1.54, 1.807) is 12.1 Å². The molecule has 1 saturated heterocycles. The quantitative estimate of drug-likeness (QED) is 0.841. The maximum absolute atomic E-state index is 11.0. The topological polar surface area (TPSA) is 41.9 Å². The molecule has 0 radical (unpaired) electrons. The number of hydrogen-bond acceptors (Lipinski definition) is 4. The molecule has 3 rings (SSSR count). The van der Waals surface area contributed by atoms with Crippen LogP contribution in [0.25, 0.3) is 0 Å². The van der Waals surface area contributed by atoms with E-state index < -0.39 is 5.60 Å². The lowest BCUT2D eigenvalue weighted by molar-refractivity contribution is -0.0675. The average Bonchev–Trinajstić information content (AvgIpc) is 2.96. The molecular weight excluding hydrogens is 326 g/mol. The summed E-state index contributed by atoms with van der Waals surface area (Å²) in [6.45, 7) is 2.75. The zero-order chi connectivity index (χ0) is 16.8. The second-order valence-electron chi connectivity index (χ2n) is 7.14. The largest absolute Gasteiger partial charge is 0.490 e. The molecule has 1 atom stereocenters. The van der Waals surface area contributed by atoms with Crippen molar-refractivity contribution in [2.24, 2.45) is 0 Å². The van der Waals surface area contributed by atoms with E-state index in [1.165, 1.54) is 38.5 Å². The lowest BCUT2D eigenvalue weighted by Gasteiger charge is -2.35. The van der Waals surface area contributed by atoms with Crippen molar-refractivity contribution < 1.29 is 14.6 Å². The first-order valence-corrected chi connectivity index (χ1v) is 9.45. The van der Waals surface area contributed by atoms with E-state index >= 15 is 0 Å². The second-order valence-corrected chi connectivity index (χ2v) is 7.57. The molecule has 134 valence electrons. The van der Waals surface area contributed by atoms with Gasteiger partial charge >= 0.3 is 0 Å². The van der Waals surface area contributed by atoms with Gasteiger partial charge in [-0.15, -0.1) is 0 Å². The Morgan fingerprint density at radius 2 is 1.88 bits per heavy atom. The third-order valence-corrected chi connectivity index (χ3v) is 5.31. The highest BCUT2D eigenvalue weighted by molar-refractivity contribution is 6.30. The molecule has 1 saturated carbocycles. The maximum atomic E-state index is 11.0. The number of rotatable bonds is 4. The number of hydrogen-bond donors (Lipinski definition) is 1. The van der Waals surface area contributed by atoms with Crippen molar-refractivity contribution in [3.8, 4) is 5.75 Å². The van der Waals surface area contributed by atoms with Crippen molar-refractivity contribution >= 4 is 11.6 Å². The summed E-state index contributed by atoms with van der Waals surface area (Å²) in [6.07, 6.45) is 7.72. The van der Waals surface area contributed by atoms with Gasteiger partial charge in [-0.25, -0.2) is 0 Å². The molecule has 2 fully saturated rings. The second kappa shape index (κ2) is 8.52. The SMILES string of the molecule is O[C@]1(COc2ccc(Cl)cc2)COCCN(C2CCCCCC2)C1. The minimum atomic E-state index is -0.970. The summed E-state index contributed by atoms with van der Waals surface area (Å²) in [5.74, 6) is 0.720. The average molecular weight is 354 g/mol. The number of halogens is 1. The van der Waals surface area contributed by atoms with Crippen LogP contribution in [0.1, 0.15) is 38.5 Å². The summed E-state index contributed by atoms with van der Waals surface area (Å²) in [7, 11) is 0. The highest BCUT2D eigenvalue weighted by Gasteiger charge is 2.36. The number of β-amino-alcohol motifs (C(OH)–C–C–N with tert-alkyl or cyclic N) is 1. The third-order valence-electron chi connectivity index (χ3n) is 5.05. The summed E-state index contributed by atoms with van der Waals surface area (Å²) >= 11 is 5.90. The molecular formula is C19H28ClNO3. The molecule has 1 aliphatic carbocycles. The molecule has 1 heterocycles. The van der Waals surface area contributed by atoms with E-state index in [0.29, 0.717) is 30.8 Å². The summed E-state index contributed by atoms with van der Waals surface area (Å²) in [6, 6.07) is 7.81. The Morgan fingerprint density at radius 3 is 2.58 bits per heavy atom. The zero-order valence-electron chi connectivity index (χ0n) is 14.3. The summed E-state index contributed by atoms with van der Waals surface area (Å²) < 4.78 is 11.5. The van der Waals surface area contributed by atoms with E-state index in [-0.39, 0.29) is 6.61 Å². The van der Waals surface area contributed by atoms with Gasteiger partial charge in [-0.1, -0.05) is 37.3 Å². The molecule has 0 bridgehead atoms. The number of ether oxygens (including phenoxy) is 2. The highest BCUT2D eigenvalue weighted by atomic mass is 35.5. The van der Waals surface area contributed by atoms with E-state index in [1.807, 2.05) is 12.1 Å². The van der Waals surface area contributed by atoms with Gasteiger partial charge in [0.25, 0.3) is 0 Å². The molecule has 0 aromatic heterocycles. The molecule has 5 heteroatoms. The Balaban J connectivity index is 1.60. The van der Waals surface area contributed by atoms with Gasteiger partial charge in [0.15, 0.2) is 0 Å². The highest BCUT2D eigenvalue weighted by Crippen LogP contribution is 2.25. The fourth-order valence-electron chi connectivity index (χ4n) is 3.72. The lowest BCUT2D eigenvalue weighted by Crippen LogP contribution is -2.51. The fraction of sp³-hybridized carbons (Fsp3) is 0.684. The Hall–Kier alpha value is -0.810. The molecule has 24 heavy (non-hydrogen) atoms. The van der Waals surface area contributed by atoms with Crippen LogP contribution in [0.15, 0.2) is 24.3 Å². The van der Waals surface area contributed by atoms with Crippen molar-refractivity contribution in [2.75, 3.05) is 32.9 Å². The zero-order valence-corrected chi connectivity index (χ0v) is 15.0. The lowest BCUT2D eigenvalue weighted by atomic mass is 10.0. The molecule has 0 unspecified atom stereocenters. The first kappa shape index (κ1) is 18.0. The van der Waals surface area contributed by atoms with Crippen LogP contribution in [0.3, 0.4) is 0 Å². The number of nitrogens with zero attached hydrogens (tertiary/aromatic N) is 1. The molecule has 1 aromatic carbocycles. The van der Waals surface area contributed by atoms with Gasteiger partial charge in [0.1, 0.15) is 18.0 Å². The third kappa shape index (κ3) is 5.09. The smallest absolute Gasteiger partial charge is 0.134 e. The standard InChI is InChI=1S/C19H28ClNO3/c20-16-7-9-18(10-8-16)24-15-19(22)13-21(11-12-23-14-19)17-5-3-1-2-4-6-17/h7-10,17,22H,1-6,11-15H2/t19-/m0/s1. The normalized spacial score (nSPS) is 27.4. The summed E-state index contributed by atoms with van der Waals surface area (Å²) in [5.41, 5.74) is -0.970. The van der Waals surface area contributed by atoms with Gasteiger partial charge in [-0.05, 0) is 37.1 Å². The molecule has 4 nitrogen and oxygen atoms in total. The van der Waals surface area contributed by atoms with E-state index in [2.05, 4.69) is 4.90 Å². The van der Waals surface area contributed by atoms with Crippen LogP contribution in [0.2, 0.25) is 5.02 Å². The minimum absolute atomic E-state index is 0.234. The van der Waals surface area contributed by atoms with Crippen molar-refractivity contribution in [2.45, 2.75) is 50.2 Å². The van der Waals surface area contributed by atoms with Crippen molar-refractivity contribution in [3.05, 3.63) is 29.3 Å². The van der Waals surface area contributed by atoms with E-state index in [4.69, 9.17) is 21.1 Å². The van der Waals surface area contributed by atoms with Crippen LogP contribution in [-0.2, 0) is 4.74 Å². The van der Waals surface area contributed by atoms with Crippen molar-refractivity contribution in [1.29, 1.82) is 0 Å². The monoisotopic (exact) mass is 353 g/mol. The van der Waals surface area contributed by atoms with Gasteiger partial charge in [0.05, 0.1) is 13.2 Å². The van der Waals surface area contributed by atoms with Gasteiger partial charge < -0.3 is 14.6 Å². The van der Waals surface area contributed by atoms with Gasteiger partial charge in [-0.3, -0.25) is 4.90 Å². The van der Waals surface area contributed by atoms with Gasteiger partial charge in [-0.2, -0.15) is 0 Å². The fourth-order valence-corrected chi connectivity index (χ4v) is 3.84. The minimum Gasteiger partial charge on any atom is -0.490 e. The Bertz CT molecular complexity index is 502. The Labute approximate surface area is 149 Å². The maximum Gasteiger partial charge on any atom is 0.134 e. The summed E-state index contributed by atoms with van der Waals surface area (Å²) in [5, 5.41) is 11.7.